The van der Waals surface area contributed by atoms with Crippen LogP contribution in [0.2, 0.25) is 0 Å². The van der Waals surface area contributed by atoms with Crippen molar-refractivity contribution in [1.82, 2.24) is 19.9 Å². The second-order valence-electron chi connectivity index (χ2n) is 10.4. The zero-order valence-corrected chi connectivity index (χ0v) is 22.1. The molecular weight excluding hydrogens is 511 g/mol. The molecule has 9 nitrogen and oxygen atoms in total. The van der Waals surface area contributed by atoms with Crippen LogP contribution in [0.15, 0.2) is 59.7 Å². The van der Waals surface area contributed by atoms with Crippen molar-refractivity contribution in [3.63, 3.8) is 0 Å². The second-order valence-corrected chi connectivity index (χ2v) is 10.4. The van der Waals surface area contributed by atoms with Crippen molar-refractivity contribution in [3.05, 3.63) is 76.6 Å². The molecule has 3 N–H and O–H groups in total. The number of hydrogen-bond donors (Lipinski definition) is 3. The standard InChI is InChI=1S/C30H31FN6O3/c31-23-16-19(30(40)37-12-2-1-3-13-37)4-6-22(23)25-17-26(28-24(34-25)8-11-32-29(28)39)35-27-7-5-20(18-33-27)36-14-9-21(38)10-15-36/h4-8,11,16-18,21,38H,1-3,9-10,12-15H2,(H,32,39)(H,33,34,35). The summed E-state index contributed by atoms with van der Waals surface area (Å²) in [6.45, 7) is 2.90. The number of halogens is 1. The first-order valence-corrected chi connectivity index (χ1v) is 13.7. The van der Waals surface area contributed by atoms with Gasteiger partial charge in [0.05, 0.1) is 40.3 Å². The number of anilines is 3. The van der Waals surface area contributed by atoms with E-state index in [9.17, 15) is 14.7 Å². The lowest BCUT2D eigenvalue weighted by atomic mass is 10.0. The predicted molar refractivity (Wildman–Crippen MR) is 152 cm³/mol. The zero-order chi connectivity index (χ0) is 27.6. The average molecular weight is 543 g/mol. The van der Waals surface area contributed by atoms with E-state index in [0.717, 1.165) is 50.9 Å². The van der Waals surface area contributed by atoms with E-state index >= 15 is 4.39 Å². The largest absolute Gasteiger partial charge is 0.393 e. The number of amides is 1. The van der Waals surface area contributed by atoms with Crippen LogP contribution in [0.5, 0.6) is 0 Å². The molecule has 1 aromatic carbocycles. The van der Waals surface area contributed by atoms with Gasteiger partial charge in [-0.25, -0.2) is 14.4 Å². The molecule has 0 bridgehead atoms. The molecule has 4 aromatic rings. The highest BCUT2D eigenvalue weighted by molar-refractivity contribution is 5.96. The molecule has 0 saturated carbocycles. The Hall–Kier alpha value is -4.31. The van der Waals surface area contributed by atoms with Crippen molar-refractivity contribution < 1.29 is 14.3 Å². The van der Waals surface area contributed by atoms with Gasteiger partial charge in [-0.15, -0.1) is 0 Å². The number of carbonyl (C=O) groups is 1. The van der Waals surface area contributed by atoms with Crippen LogP contribution in [0.4, 0.5) is 21.6 Å². The van der Waals surface area contributed by atoms with Gasteiger partial charge >= 0.3 is 0 Å². The number of nitrogens with one attached hydrogen (secondary N) is 2. The Kier molecular flexibility index (Phi) is 7.17. The minimum atomic E-state index is -0.556. The number of fused-ring (bicyclic) bond motifs is 1. The van der Waals surface area contributed by atoms with Gasteiger partial charge in [0.25, 0.3) is 11.5 Å². The number of likely N-dealkylation sites (tertiary alicyclic amines) is 1. The molecule has 2 aliphatic rings. The normalized spacial score (nSPS) is 16.4. The third-order valence-corrected chi connectivity index (χ3v) is 7.71. The van der Waals surface area contributed by atoms with Gasteiger partial charge in [-0.3, -0.25) is 9.59 Å². The SMILES string of the molecule is O=C(c1ccc(-c2cc(Nc3ccc(N4CCC(O)CC4)cn3)c3c(=O)[nH]ccc3n2)c(F)c1)N1CCCCC1. The maximum atomic E-state index is 15.4. The molecule has 6 rings (SSSR count). The average Bonchev–Trinajstić information content (AvgIpc) is 2.98. The summed E-state index contributed by atoms with van der Waals surface area (Å²) in [5.74, 6) is -0.203. The molecule has 40 heavy (non-hydrogen) atoms. The van der Waals surface area contributed by atoms with Crippen LogP contribution in [-0.2, 0) is 0 Å². The summed E-state index contributed by atoms with van der Waals surface area (Å²) in [6.07, 6.45) is 7.47. The van der Waals surface area contributed by atoms with Gasteiger partial charge in [-0.1, -0.05) is 0 Å². The van der Waals surface area contributed by atoms with E-state index in [1.807, 2.05) is 12.1 Å². The highest BCUT2D eigenvalue weighted by Gasteiger charge is 2.21. The number of rotatable bonds is 5. The first-order valence-electron chi connectivity index (χ1n) is 13.7. The van der Waals surface area contributed by atoms with Gasteiger partial charge in [0.2, 0.25) is 0 Å². The molecule has 0 radical (unpaired) electrons. The fourth-order valence-electron chi connectivity index (χ4n) is 5.47. The van der Waals surface area contributed by atoms with Crippen molar-refractivity contribution in [3.8, 4) is 11.3 Å². The monoisotopic (exact) mass is 542 g/mol. The van der Waals surface area contributed by atoms with E-state index in [2.05, 4.69) is 25.2 Å². The minimum absolute atomic E-state index is 0.166. The summed E-state index contributed by atoms with van der Waals surface area (Å²) in [5.41, 5.74) is 2.35. The maximum absolute atomic E-state index is 15.4. The Balaban J connectivity index is 1.31. The van der Waals surface area contributed by atoms with Crippen molar-refractivity contribution in [2.75, 3.05) is 36.4 Å². The number of aromatic nitrogens is 3. The summed E-state index contributed by atoms with van der Waals surface area (Å²) < 4.78 is 15.4. The van der Waals surface area contributed by atoms with E-state index in [4.69, 9.17) is 0 Å². The molecule has 0 spiro atoms. The number of carbonyl (C=O) groups excluding carboxylic acids is 1. The lowest BCUT2D eigenvalue weighted by Gasteiger charge is -2.31. The number of aliphatic hydroxyl groups is 1. The number of nitrogens with zero attached hydrogens (tertiary/aromatic N) is 4. The molecule has 0 atom stereocenters. The smallest absolute Gasteiger partial charge is 0.259 e. The lowest BCUT2D eigenvalue weighted by Crippen LogP contribution is -2.35. The van der Waals surface area contributed by atoms with Gasteiger partial charge in [-0.2, -0.15) is 0 Å². The molecule has 206 valence electrons. The fraction of sp³-hybridized carbons (Fsp3) is 0.333. The summed E-state index contributed by atoms with van der Waals surface area (Å²) in [4.78, 5) is 41.4. The number of H-pyrrole nitrogens is 1. The maximum Gasteiger partial charge on any atom is 0.259 e. The van der Waals surface area contributed by atoms with Gasteiger partial charge in [-0.05, 0) is 74.6 Å². The molecular formula is C30H31FN6O3. The Morgan fingerprint density at radius 3 is 2.55 bits per heavy atom. The van der Waals surface area contributed by atoms with E-state index < -0.39 is 5.82 Å². The van der Waals surface area contributed by atoms with Crippen LogP contribution in [0.3, 0.4) is 0 Å². The molecule has 1 amide bonds. The third kappa shape index (κ3) is 5.27. The number of pyridine rings is 3. The number of benzene rings is 1. The van der Waals surface area contributed by atoms with E-state index in [-0.39, 0.29) is 23.1 Å². The molecule has 5 heterocycles. The number of hydrogen-bond acceptors (Lipinski definition) is 7. The molecule has 0 aliphatic carbocycles. The first-order chi connectivity index (χ1) is 19.5. The molecule has 0 unspecified atom stereocenters. The number of aliphatic hydroxyl groups excluding tert-OH is 1. The number of aromatic amines is 1. The lowest BCUT2D eigenvalue weighted by molar-refractivity contribution is 0.0724. The van der Waals surface area contributed by atoms with Crippen molar-refractivity contribution in [1.29, 1.82) is 0 Å². The van der Waals surface area contributed by atoms with Gasteiger partial charge in [0, 0.05) is 43.5 Å². The highest BCUT2D eigenvalue weighted by atomic mass is 19.1. The predicted octanol–water partition coefficient (Wildman–Crippen LogP) is 4.46. The van der Waals surface area contributed by atoms with Gasteiger partial charge in [0.15, 0.2) is 0 Å². The quantitative estimate of drug-likeness (QED) is 0.341. The summed E-state index contributed by atoms with van der Waals surface area (Å²) >= 11 is 0. The fourth-order valence-corrected chi connectivity index (χ4v) is 5.47. The Morgan fingerprint density at radius 2 is 1.82 bits per heavy atom. The van der Waals surface area contributed by atoms with E-state index in [1.54, 1.807) is 35.4 Å². The van der Waals surface area contributed by atoms with Crippen LogP contribution in [0.25, 0.3) is 22.2 Å². The third-order valence-electron chi connectivity index (χ3n) is 7.71. The highest BCUT2D eigenvalue weighted by Crippen LogP contribution is 2.31. The van der Waals surface area contributed by atoms with Crippen molar-refractivity contribution in [2.24, 2.45) is 0 Å². The Morgan fingerprint density at radius 1 is 1.02 bits per heavy atom. The van der Waals surface area contributed by atoms with E-state index in [1.165, 1.54) is 12.3 Å². The van der Waals surface area contributed by atoms with Crippen molar-refractivity contribution >= 4 is 34.0 Å². The van der Waals surface area contributed by atoms with Crippen LogP contribution in [0.1, 0.15) is 42.5 Å². The first kappa shape index (κ1) is 25.9. The summed E-state index contributed by atoms with van der Waals surface area (Å²) in [5, 5.41) is 13.3. The molecule has 2 aliphatic heterocycles. The zero-order valence-electron chi connectivity index (χ0n) is 22.1. The summed E-state index contributed by atoms with van der Waals surface area (Å²) in [6, 6.07) is 11.5. The van der Waals surface area contributed by atoms with Crippen LogP contribution >= 0.6 is 0 Å². The van der Waals surface area contributed by atoms with Crippen molar-refractivity contribution in [2.45, 2.75) is 38.2 Å². The van der Waals surface area contributed by atoms with Gasteiger partial charge < -0.3 is 25.2 Å². The minimum Gasteiger partial charge on any atom is -0.393 e. The van der Waals surface area contributed by atoms with Crippen LogP contribution in [-0.4, -0.2) is 63.1 Å². The van der Waals surface area contributed by atoms with Gasteiger partial charge in [0.1, 0.15) is 11.6 Å². The van der Waals surface area contributed by atoms with Crippen LogP contribution < -0.4 is 15.8 Å². The topological polar surface area (TPSA) is 114 Å². The number of piperidine rings is 2. The molecule has 10 heteroatoms. The molecule has 3 aromatic heterocycles. The second kappa shape index (κ2) is 11.1. The molecule has 2 saturated heterocycles. The Labute approximate surface area is 230 Å². The summed E-state index contributed by atoms with van der Waals surface area (Å²) in [7, 11) is 0. The van der Waals surface area contributed by atoms with E-state index in [0.29, 0.717) is 46.8 Å². The molecule has 2 fully saturated rings. The van der Waals surface area contributed by atoms with Crippen LogP contribution in [0, 0.1) is 5.82 Å². The Bertz CT molecular complexity index is 1590.